The van der Waals surface area contributed by atoms with Gasteiger partial charge in [-0.25, -0.2) is 13.6 Å². The Morgan fingerprint density at radius 3 is 2.43 bits per heavy atom. The fourth-order valence-corrected chi connectivity index (χ4v) is 3.62. The molecule has 5 rings (SSSR count). The Kier molecular flexibility index (Phi) is 4.13. The Bertz CT molecular complexity index is 1360. The van der Waals surface area contributed by atoms with Crippen molar-refractivity contribution in [1.29, 1.82) is 0 Å². The number of hydrogen-bond acceptors (Lipinski definition) is 4. The fraction of sp³-hybridized carbons (Fsp3) is 0.136. The van der Waals surface area contributed by atoms with Crippen molar-refractivity contribution in [3.05, 3.63) is 72.8 Å². The second-order valence-electron chi connectivity index (χ2n) is 7.10. The molecule has 7 nitrogen and oxygen atoms in total. The van der Waals surface area contributed by atoms with E-state index in [1.807, 2.05) is 55.5 Å². The summed E-state index contributed by atoms with van der Waals surface area (Å²) in [5, 5.41) is 13.4. The van der Waals surface area contributed by atoms with Gasteiger partial charge in [0.05, 0.1) is 30.9 Å². The van der Waals surface area contributed by atoms with Crippen molar-refractivity contribution >= 4 is 5.52 Å². The molecule has 0 unspecified atom stereocenters. The van der Waals surface area contributed by atoms with E-state index in [1.54, 1.807) is 28.6 Å². The first kappa shape index (κ1) is 18.1. The zero-order chi connectivity index (χ0) is 20.8. The molecule has 0 aliphatic rings. The smallest absolute Gasteiger partial charge is 0.145 e. The van der Waals surface area contributed by atoms with Crippen molar-refractivity contribution in [2.75, 3.05) is 7.11 Å². The largest absolute Gasteiger partial charge is 0.494 e. The van der Waals surface area contributed by atoms with Crippen LogP contribution < -0.4 is 4.74 Å². The molecule has 0 spiro atoms. The first-order valence-electron chi connectivity index (χ1n) is 9.40. The minimum Gasteiger partial charge on any atom is -0.494 e. The number of rotatable bonds is 4. The first-order chi connectivity index (χ1) is 14.5. The van der Waals surface area contributed by atoms with Gasteiger partial charge in [-0.2, -0.15) is 15.3 Å². The highest BCUT2D eigenvalue weighted by atomic mass is 19.1. The maximum Gasteiger partial charge on any atom is 0.145 e. The molecule has 0 bridgehead atoms. The normalized spacial score (nSPS) is 11.3. The third-order valence-electron chi connectivity index (χ3n) is 5.12. The molecule has 0 radical (unpaired) electrons. The van der Waals surface area contributed by atoms with E-state index in [4.69, 9.17) is 4.74 Å². The van der Waals surface area contributed by atoms with Crippen molar-refractivity contribution in [2.24, 2.45) is 7.05 Å². The summed E-state index contributed by atoms with van der Waals surface area (Å²) in [6.45, 7) is 1.94. The number of benzene rings is 1. The number of pyridine rings is 1. The summed E-state index contributed by atoms with van der Waals surface area (Å²) < 4.78 is 24.3. The first-order valence-corrected chi connectivity index (χ1v) is 9.40. The predicted octanol–water partition coefficient (Wildman–Crippen LogP) is 4.04. The molecule has 0 aliphatic heterocycles. The van der Waals surface area contributed by atoms with E-state index in [9.17, 15) is 4.39 Å². The minimum absolute atomic E-state index is 0.278. The number of methoxy groups -OCH3 is 1. The Labute approximate surface area is 171 Å². The lowest BCUT2D eigenvalue weighted by molar-refractivity contribution is 0.418. The highest BCUT2D eigenvalue weighted by molar-refractivity contribution is 5.87. The average Bonchev–Trinajstić information content (AvgIpc) is 3.46. The fourth-order valence-electron chi connectivity index (χ4n) is 3.62. The maximum atomic E-state index is 13.3. The van der Waals surface area contributed by atoms with E-state index in [0.717, 1.165) is 39.2 Å². The number of ether oxygens (including phenoxy) is 1. The van der Waals surface area contributed by atoms with E-state index in [-0.39, 0.29) is 5.82 Å². The molecule has 0 atom stereocenters. The highest BCUT2D eigenvalue weighted by Gasteiger charge is 2.18. The van der Waals surface area contributed by atoms with Crippen LogP contribution in [-0.4, -0.2) is 36.3 Å². The number of fused-ring (bicyclic) bond motifs is 1. The average molecular weight is 402 g/mol. The molecular formula is C22H19FN6O. The zero-order valence-corrected chi connectivity index (χ0v) is 16.7. The second-order valence-corrected chi connectivity index (χ2v) is 7.10. The minimum atomic E-state index is -0.278. The van der Waals surface area contributed by atoms with Crippen LogP contribution in [0.1, 0.15) is 5.69 Å². The van der Waals surface area contributed by atoms with Crippen molar-refractivity contribution in [3.63, 3.8) is 0 Å². The summed E-state index contributed by atoms with van der Waals surface area (Å²) in [6, 6.07) is 8.22. The molecule has 1 aromatic carbocycles. The molecule has 0 aliphatic carbocycles. The maximum absolute atomic E-state index is 13.3. The van der Waals surface area contributed by atoms with E-state index in [0.29, 0.717) is 5.75 Å². The molecule has 30 heavy (non-hydrogen) atoms. The third kappa shape index (κ3) is 2.93. The van der Waals surface area contributed by atoms with Crippen LogP contribution in [0, 0.1) is 12.7 Å². The van der Waals surface area contributed by atoms with Gasteiger partial charge in [0.15, 0.2) is 0 Å². The zero-order valence-electron chi connectivity index (χ0n) is 16.7. The quantitative estimate of drug-likeness (QED) is 0.455. The van der Waals surface area contributed by atoms with Crippen LogP contribution in [0.4, 0.5) is 4.39 Å². The topological polar surface area (TPSA) is 62.2 Å². The lowest BCUT2D eigenvalue weighted by atomic mass is 10.1. The molecule has 4 heterocycles. The van der Waals surface area contributed by atoms with Gasteiger partial charge in [0, 0.05) is 47.9 Å². The van der Waals surface area contributed by atoms with Gasteiger partial charge >= 0.3 is 0 Å². The lowest BCUT2D eigenvalue weighted by Crippen LogP contribution is -1.94. The summed E-state index contributed by atoms with van der Waals surface area (Å²) in [7, 11) is 3.53. The summed E-state index contributed by atoms with van der Waals surface area (Å²) in [4.78, 5) is 0. The van der Waals surface area contributed by atoms with Crippen LogP contribution in [0.25, 0.3) is 33.5 Å². The van der Waals surface area contributed by atoms with Gasteiger partial charge in [-0.1, -0.05) is 0 Å². The SMILES string of the molecule is COc1cc(-c2cnn(C)c2)cn2ncc(-c3cn(-c4ccc(F)cc4)nc3C)c12. The summed E-state index contributed by atoms with van der Waals surface area (Å²) in [5.41, 5.74) is 6.26. The molecule has 0 N–H and O–H groups in total. The van der Waals surface area contributed by atoms with Crippen LogP contribution >= 0.6 is 0 Å². The molecule has 0 saturated carbocycles. The van der Waals surface area contributed by atoms with Crippen molar-refractivity contribution in [2.45, 2.75) is 6.92 Å². The van der Waals surface area contributed by atoms with Gasteiger partial charge < -0.3 is 4.74 Å². The Morgan fingerprint density at radius 2 is 1.73 bits per heavy atom. The van der Waals surface area contributed by atoms with Gasteiger partial charge in [-0.05, 0) is 37.3 Å². The number of nitrogens with zero attached hydrogens (tertiary/aromatic N) is 6. The monoisotopic (exact) mass is 402 g/mol. The van der Waals surface area contributed by atoms with E-state index in [2.05, 4.69) is 15.3 Å². The van der Waals surface area contributed by atoms with Crippen molar-refractivity contribution in [3.8, 4) is 33.7 Å². The van der Waals surface area contributed by atoms with E-state index >= 15 is 0 Å². The number of hydrogen-bond donors (Lipinski definition) is 0. The third-order valence-corrected chi connectivity index (χ3v) is 5.12. The molecule has 5 aromatic rings. The van der Waals surface area contributed by atoms with Gasteiger partial charge in [0.2, 0.25) is 0 Å². The Hall–Kier alpha value is -3.94. The van der Waals surface area contributed by atoms with Crippen LogP contribution in [0.15, 0.2) is 61.3 Å². The van der Waals surface area contributed by atoms with Crippen LogP contribution in [0.5, 0.6) is 5.75 Å². The van der Waals surface area contributed by atoms with E-state index < -0.39 is 0 Å². The lowest BCUT2D eigenvalue weighted by Gasteiger charge is -2.08. The molecule has 0 fully saturated rings. The molecule has 0 amide bonds. The Balaban J connectivity index is 1.64. The molecular weight excluding hydrogens is 383 g/mol. The molecule has 8 heteroatoms. The molecule has 0 saturated heterocycles. The molecule has 150 valence electrons. The summed E-state index contributed by atoms with van der Waals surface area (Å²) in [5.74, 6) is 0.428. The predicted molar refractivity (Wildman–Crippen MR) is 111 cm³/mol. The number of aryl methyl sites for hydroxylation is 2. The van der Waals surface area contributed by atoms with Gasteiger partial charge in [-0.15, -0.1) is 0 Å². The van der Waals surface area contributed by atoms with Gasteiger partial charge in [0.25, 0.3) is 0 Å². The van der Waals surface area contributed by atoms with Crippen LogP contribution in [0.3, 0.4) is 0 Å². The standard InChI is InChI=1S/C22H19FN6O/c1-14-20(13-28(26-14)18-6-4-17(23)5-7-18)19-10-25-29-12-15(8-21(30-3)22(19)29)16-9-24-27(2)11-16/h4-13H,1-3H3. The second kappa shape index (κ2) is 6.84. The molecule has 4 aromatic heterocycles. The van der Waals surface area contributed by atoms with Gasteiger partial charge in [-0.3, -0.25) is 4.68 Å². The number of aromatic nitrogens is 6. The van der Waals surface area contributed by atoms with Crippen LogP contribution in [0.2, 0.25) is 0 Å². The van der Waals surface area contributed by atoms with Gasteiger partial charge in [0.1, 0.15) is 17.1 Å². The van der Waals surface area contributed by atoms with E-state index in [1.165, 1.54) is 12.1 Å². The van der Waals surface area contributed by atoms with Crippen molar-refractivity contribution < 1.29 is 9.13 Å². The Morgan fingerprint density at radius 1 is 0.933 bits per heavy atom. The summed E-state index contributed by atoms with van der Waals surface area (Å²) in [6.07, 6.45) is 9.44. The highest BCUT2D eigenvalue weighted by Crippen LogP contribution is 2.35. The van der Waals surface area contributed by atoms with Crippen LogP contribution in [-0.2, 0) is 7.05 Å². The number of halogens is 1. The van der Waals surface area contributed by atoms with Crippen molar-refractivity contribution in [1.82, 2.24) is 29.2 Å². The summed E-state index contributed by atoms with van der Waals surface area (Å²) >= 11 is 0.